The molecule has 1 aliphatic rings. The molecule has 1 fully saturated rings. The SMILES string of the molecule is COc1ccc2c(C(=O)NCC3CC3)c(C)n(C)c2c1. The van der Waals surface area contributed by atoms with Crippen LogP contribution in [0.4, 0.5) is 0 Å². The topological polar surface area (TPSA) is 43.3 Å². The Kier molecular flexibility index (Phi) is 3.16. The van der Waals surface area contributed by atoms with E-state index in [1.54, 1.807) is 7.11 Å². The van der Waals surface area contributed by atoms with E-state index in [0.717, 1.165) is 34.5 Å². The summed E-state index contributed by atoms with van der Waals surface area (Å²) in [4.78, 5) is 12.4. The lowest BCUT2D eigenvalue weighted by Crippen LogP contribution is -2.26. The molecule has 1 amide bonds. The maximum absolute atomic E-state index is 12.4. The van der Waals surface area contributed by atoms with Crippen molar-refractivity contribution >= 4 is 16.8 Å². The van der Waals surface area contributed by atoms with Crippen LogP contribution in [0.5, 0.6) is 5.75 Å². The van der Waals surface area contributed by atoms with Gasteiger partial charge < -0.3 is 14.6 Å². The number of rotatable bonds is 4. The van der Waals surface area contributed by atoms with Crippen LogP contribution in [0.15, 0.2) is 18.2 Å². The Morgan fingerprint density at radius 1 is 1.45 bits per heavy atom. The number of benzene rings is 1. The van der Waals surface area contributed by atoms with Crippen molar-refractivity contribution in [1.29, 1.82) is 0 Å². The van der Waals surface area contributed by atoms with E-state index in [1.807, 2.05) is 36.7 Å². The zero-order valence-corrected chi connectivity index (χ0v) is 12.2. The Labute approximate surface area is 118 Å². The first kappa shape index (κ1) is 13.0. The first-order valence-corrected chi connectivity index (χ1v) is 7.03. The molecule has 1 N–H and O–H groups in total. The molecule has 20 heavy (non-hydrogen) atoms. The third-order valence-electron chi connectivity index (χ3n) is 4.18. The Bertz CT molecular complexity index is 669. The van der Waals surface area contributed by atoms with Crippen LogP contribution >= 0.6 is 0 Å². The van der Waals surface area contributed by atoms with Crippen LogP contribution < -0.4 is 10.1 Å². The van der Waals surface area contributed by atoms with Crippen LogP contribution in [0.3, 0.4) is 0 Å². The van der Waals surface area contributed by atoms with Crippen molar-refractivity contribution in [3.05, 3.63) is 29.5 Å². The van der Waals surface area contributed by atoms with Crippen LogP contribution in [0.2, 0.25) is 0 Å². The second-order valence-electron chi connectivity index (χ2n) is 5.56. The number of hydrogen-bond acceptors (Lipinski definition) is 2. The zero-order valence-electron chi connectivity index (χ0n) is 12.2. The van der Waals surface area contributed by atoms with Crippen LogP contribution in [-0.2, 0) is 7.05 Å². The molecule has 3 rings (SSSR count). The molecule has 0 saturated heterocycles. The first-order valence-electron chi connectivity index (χ1n) is 7.03. The predicted octanol–water partition coefficient (Wildman–Crippen LogP) is 2.64. The lowest BCUT2D eigenvalue weighted by molar-refractivity contribution is 0.0952. The van der Waals surface area contributed by atoms with E-state index in [9.17, 15) is 4.79 Å². The summed E-state index contributed by atoms with van der Waals surface area (Å²) < 4.78 is 7.31. The van der Waals surface area contributed by atoms with Crippen LogP contribution in [-0.4, -0.2) is 24.1 Å². The molecule has 0 spiro atoms. The fourth-order valence-electron chi connectivity index (χ4n) is 2.60. The highest BCUT2D eigenvalue weighted by atomic mass is 16.5. The summed E-state index contributed by atoms with van der Waals surface area (Å²) in [6.45, 7) is 2.78. The fraction of sp³-hybridized carbons (Fsp3) is 0.438. The highest BCUT2D eigenvalue weighted by molar-refractivity contribution is 6.08. The number of aromatic nitrogens is 1. The van der Waals surface area contributed by atoms with Gasteiger partial charge in [0, 0.05) is 30.7 Å². The van der Waals surface area contributed by atoms with Crippen molar-refractivity contribution in [3.8, 4) is 5.75 Å². The van der Waals surface area contributed by atoms with Crippen molar-refractivity contribution in [2.75, 3.05) is 13.7 Å². The minimum Gasteiger partial charge on any atom is -0.497 e. The molecule has 1 aromatic carbocycles. The smallest absolute Gasteiger partial charge is 0.253 e. The lowest BCUT2D eigenvalue weighted by atomic mass is 10.1. The van der Waals surface area contributed by atoms with E-state index >= 15 is 0 Å². The zero-order chi connectivity index (χ0) is 14.3. The van der Waals surface area contributed by atoms with E-state index in [0.29, 0.717) is 5.92 Å². The van der Waals surface area contributed by atoms with Gasteiger partial charge in [-0.1, -0.05) is 0 Å². The number of methoxy groups -OCH3 is 1. The van der Waals surface area contributed by atoms with Crippen molar-refractivity contribution in [3.63, 3.8) is 0 Å². The Balaban J connectivity index is 2.00. The molecule has 0 unspecified atom stereocenters. The largest absolute Gasteiger partial charge is 0.497 e. The number of nitrogens with one attached hydrogen (secondary N) is 1. The first-order chi connectivity index (χ1) is 9.61. The number of carbonyl (C=O) groups is 1. The molecular formula is C16H20N2O2. The van der Waals surface area contributed by atoms with Gasteiger partial charge in [-0.2, -0.15) is 0 Å². The van der Waals surface area contributed by atoms with Gasteiger partial charge >= 0.3 is 0 Å². The van der Waals surface area contributed by atoms with Gasteiger partial charge in [-0.25, -0.2) is 0 Å². The molecule has 2 aromatic rings. The molecule has 1 aliphatic carbocycles. The number of amides is 1. The standard InChI is InChI=1S/C16H20N2O2/c1-10-15(16(19)17-9-11-4-5-11)13-7-6-12(20-3)8-14(13)18(10)2/h6-8,11H,4-5,9H2,1-3H3,(H,17,19). The van der Waals surface area contributed by atoms with E-state index in [1.165, 1.54) is 12.8 Å². The van der Waals surface area contributed by atoms with Gasteiger partial charge in [0.1, 0.15) is 5.75 Å². The number of fused-ring (bicyclic) bond motifs is 1. The summed E-state index contributed by atoms with van der Waals surface area (Å²) in [5.74, 6) is 1.53. The Morgan fingerprint density at radius 3 is 2.85 bits per heavy atom. The molecule has 1 saturated carbocycles. The van der Waals surface area contributed by atoms with Gasteiger partial charge in [-0.3, -0.25) is 4.79 Å². The number of nitrogens with zero attached hydrogens (tertiary/aromatic N) is 1. The monoisotopic (exact) mass is 272 g/mol. The molecule has 106 valence electrons. The van der Waals surface area contributed by atoms with E-state index in [-0.39, 0.29) is 5.91 Å². The second kappa shape index (κ2) is 4.85. The number of ether oxygens (including phenoxy) is 1. The highest BCUT2D eigenvalue weighted by Crippen LogP contribution is 2.30. The van der Waals surface area contributed by atoms with Gasteiger partial charge in [-0.05, 0) is 37.8 Å². The van der Waals surface area contributed by atoms with E-state index in [4.69, 9.17) is 4.74 Å². The minimum atomic E-state index is 0.0326. The van der Waals surface area contributed by atoms with Gasteiger partial charge in [0.15, 0.2) is 0 Å². The average Bonchev–Trinajstić information content (AvgIpc) is 3.25. The highest BCUT2D eigenvalue weighted by Gasteiger charge is 2.24. The number of carbonyl (C=O) groups excluding carboxylic acids is 1. The predicted molar refractivity (Wildman–Crippen MR) is 79.3 cm³/mol. The number of hydrogen-bond donors (Lipinski definition) is 1. The third-order valence-corrected chi connectivity index (χ3v) is 4.18. The summed E-state index contributed by atoms with van der Waals surface area (Å²) in [5.41, 5.74) is 2.80. The van der Waals surface area contributed by atoms with Crippen LogP contribution in [0.1, 0.15) is 28.9 Å². The maximum atomic E-state index is 12.4. The summed E-state index contributed by atoms with van der Waals surface area (Å²) in [6, 6.07) is 5.84. The lowest BCUT2D eigenvalue weighted by Gasteiger charge is -2.04. The van der Waals surface area contributed by atoms with Crippen molar-refractivity contribution in [1.82, 2.24) is 9.88 Å². The molecular weight excluding hydrogens is 252 g/mol. The molecule has 0 aliphatic heterocycles. The molecule has 0 atom stereocenters. The maximum Gasteiger partial charge on any atom is 0.253 e. The Morgan fingerprint density at radius 2 is 2.20 bits per heavy atom. The van der Waals surface area contributed by atoms with Gasteiger partial charge in [0.2, 0.25) is 0 Å². The molecule has 1 heterocycles. The summed E-state index contributed by atoms with van der Waals surface area (Å²) in [5, 5.41) is 4.04. The molecule has 1 aromatic heterocycles. The van der Waals surface area contributed by atoms with Gasteiger partial charge in [0.05, 0.1) is 18.2 Å². The normalized spacial score (nSPS) is 14.6. The van der Waals surface area contributed by atoms with Crippen LogP contribution in [0.25, 0.3) is 10.9 Å². The average molecular weight is 272 g/mol. The summed E-state index contributed by atoms with van der Waals surface area (Å²) in [7, 11) is 3.63. The summed E-state index contributed by atoms with van der Waals surface area (Å²) >= 11 is 0. The second-order valence-corrected chi connectivity index (χ2v) is 5.56. The van der Waals surface area contributed by atoms with Crippen molar-refractivity contribution in [2.45, 2.75) is 19.8 Å². The van der Waals surface area contributed by atoms with Gasteiger partial charge in [0.25, 0.3) is 5.91 Å². The quantitative estimate of drug-likeness (QED) is 0.929. The molecule has 4 nitrogen and oxygen atoms in total. The van der Waals surface area contributed by atoms with Crippen LogP contribution in [0, 0.1) is 12.8 Å². The summed E-state index contributed by atoms with van der Waals surface area (Å²) in [6.07, 6.45) is 2.48. The fourth-order valence-corrected chi connectivity index (χ4v) is 2.60. The van der Waals surface area contributed by atoms with E-state index < -0.39 is 0 Å². The van der Waals surface area contributed by atoms with Gasteiger partial charge in [-0.15, -0.1) is 0 Å². The third kappa shape index (κ3) is 2.15. The molecule has 0 radical (unpaired) electrons. The molecule has 0 bridgehead atoms. The minimum absolute atomic E-state index is 0.0326. The number of aryl methyl sites for hydroxylation is 1. The van der Waals surface area contributed by atoms with Crippen molar-refractivity contribution in [2.24, 2.45) is 13.0 Å². The Hall–Kier alpha value is -1.97. The van der Waals surface area contributed by atoms with Crippen molar-refractivity contribution < 1.29 is 9.53 Å². The molecule has 4 heteroatoms. The van der Waals surface area contributed by atoms with E-state index in [2.05, 4.69) is 5.32 Å².